The molecule has 2 nitrogen and oxygen atoms in total. The van der Waals surface area contributed by atoms with Gasteiger partial charge < -0.3 is 4.90 Å². The van der Waals surface area contributed by atoms with E-state index in [2.05, 4.69) is 29.2 Å². The molecular weight excluding hydrogens is 265 g/mol. The van der Waals surface area contributed by atoms with Crippen molar-refractivity contribution in [3.8, 4) is 0 Å². The quantitative estimate of drug-likeness (QED) is 0.439. The number of nitrogens with zero attached hydrogens (tertiary/aromatic N) is 1. The standard InChI is InChI=1S/C9H12INO/c1-4-5-8(6-7-10)9(12)11(2)3/h4-7H,1H2,2-3H3/b7-6-,8-5+. The van der Waals surface area contributed by atoms with Gasteiger partial charge in [-0.3, -0.25) is 4.79 Å². The first kappa shape index (κ1) is 11.4. The third-order valence-corrected chi connectivity index (χ3v) is 1.55. The maximum atomic E-state index is 11.4. The molecule has 0 aliphatic carbocycles. The fourth-order valence-corrected chi connectivity index (χ4v) is 1.04. The van der Waals surface area contributed by atoms with Crippen LogP contribution in [0, 0.1) is 0 Å². The zero-order valence-electron chi connectivity index (χ0n) is 7.25. The molecule has 1 amide bonds. The average molecular weight is 277 g/mol. The topological polar surface area (TPSA) is 20.3 Å². The number of carbonyl (C=O) groups is 1. The molecule has 0 saturated carbocycles. The van der Waals surface area contributed by atoms with E-state index in [4.69, 9.17) is 0 Å². The molecule has 66 valence electrons. The summed E-state index contributed by atoms with van der Waals surface area (Å²) in [6.45, 7) is 3.54. The lowest BCUT2D eigenvalue weighted by molar-refractivity contribution is -0.124. The van der Waals surface area contributed by atoms with Crippen LogP contribution < -0.4 is 0 Å². The van der Waals surface area contributed by atoms with E-state index in [1.54, 1.807) is 36.4 Å². The maximum absolute atomic E-state index is 11.4. The van der Waals surface area contributed by atoms with Gasteiger partial charge in [0.2, 0.25) is 0 Å². The lowest BCUT2D eigenvalue weighted by Crippen LogP contribution is -2.22. The van der Waals surface area contributed by atoms with Crippen LogP contribution in [0.2, 0.25) is 0 Å². The largest absolute Gasteiger partial charge is 0.345 e. The molecule has 0 fully saturated rings. The Bertz CT molecular complexity index is 229. The number of likely N-dealkylation sites (N-methyl/N-ethyl adjacent to an activating group) is 1. The van der Waals surface area contributed by atoms with Crippen LogP contribution in [0.15, 0.2) is 34.5 Å². The molecule has 0 bridgehead atoms. The van der Waals surface area contributed by atoms with E-state index in [0.717, 1.165) is 0 Å². The molecule has 0 saturated heterocycles. The summed E-state index contributed by atoms with van der Waals surface area (Å²) >= 11 is 2.07. The molecule has 0 aromatic carbocycles. The van der Waals surface area contributed by atoms with Gasteiger partial charge in [-0.2, -0.15) is 0 Å². The highest BCUT2D eigenvalue weighted by molar-refractivity contribution is 14.1. The summed E-state index contributed by atoms with van der Waals surface area (Å²) in [5.74, 6) is -0.0113. The van der Waals surface area contributed by atoms with Crippen LogP contribution in [0.25, 0.3) is 0 Å². The minimum absolute atomic E-state index is 0.0113. The summed E-state index contributed by atoms with van der Waals surface area (Å²) in [6, 6.07) is 0. The summed E-state index contributed by atoms with van der Waals surface area (Å²) in [6.07, 6.45) is 5.05. The monoisotopic (exact) mass is 277 g/mol. The normalized spacial score (nSPS) is 11.8. The maximum Gasteiger partial charge on any atom is 0.253 e. The summed E-state index contributed by atoms with van der Waals surface area (Å²) in [5.41, 5.74) is 0.643. The number of carbonyl (C=O) groups excluding carboxylic acids is 1. The average Bonchev–Trinajstić information content (AvgIpc) is 2.03. The fourth-order valence-electron chi connectivity index (χ4n) is 0.651. The molecule has 0 radical (unpaired) electrons. The third-order valence-electron chi connectivity index (χ3n) is 1.19. The van der Waals surface area contributed by atoms with Gasteiger partial charge in [0.1, 0.15) is 0 Å². The molecule has 0 aliphatic heterocycles. The van der Waals surface area contributed by atoms with Crippen LogP contribution in [-0.2, 0) is 4.79 Å². The highest BCUT2D eigenvalue weighted by atomic mass is 127. The SMILES string of the molecule is C=C/C=C(\C=C/I)C(=O)N(C)C. The third kappa shape index (κ3) is 3.71. The van der Waals surface area contributed by atoms with Gasteiger partial charge in [-0.15, -0.1) is 0 Å². The van der Waals surface area contributed by atoms with E-state index < -0.39 is 0 Å². The van der Waals surface area contributed by atoms with Crippen molar-refractivity contribution in [2.45, 2.75) is 0 Å². The minimum atomic E-state index is -0.0113. The highest BCUT2D eigenvalue weighted by Gasteiger charge is 2.06. The van der Waals surface area contributed by atoms with Gasteiger partial charge in [0, 0.05) is 19.7 Å². The van der Waals surface area contributed by atoms with Crippen LogP contribution in [0.5, 0.6) is 0 Å². The Hall–Kier alpha value is -0.580. The molecule has 0 rings (SSSR count). The number of halogens is 1. The number of rotatable bonds is 3. The predicted molar refractivity (Wildman–Crippen MR) is 60.1 cm³/mol. The predicted octanol–water partition coefficient (Wildman–Crippen LogP) is 2.14. The molecule has 0 spiro atoms. The second-order valence-corrected chi connectivity index (χ2v) is 3.07. The second-order valence-electron chi connectivity index (χ2n) is 2.35. The number of amides is 1. The van der Waals surface area contributed by atoms with E-state index >= 15 is 0 Å². The number of hydrogen-bond acceptors (Lipinski definition) is 1. The number of allylic oxidation sites excluding steroid dienone is 2. The molecule has 0 unspecified atom stereocenters. The van der Waals surface area contributed by atoms with Gasteiger partial charge in [0.15, 0.2) is 0 Å². The summed E-state index contributed by atoms with van der Waals surface area (Å²) in [5, 5.41) is 0. The minimum Gasteiger partial charge on any atom is -0.345 e. The van der Waals surface area contributed by atoms with E-state index in [1.807, 2.05) is 0 Å². The first-order valence-electron chi connectivity index (χ1n) is 3.44. The van der Waals surface area contributed by atoms with E-state index in [-0.39, 0.29) is 5.91 Å². The summed E-state index contributed by atoms with van der Waals surface area (Å²) in [7, 11) is 3.45. The van der Waals surface area contributed by atoms with Gasteiger partial charge in [-0.1, -0.05) is 41.3 Å². The van der Waals surface area contributed by atoms with Crippen molar-refractivity contribution in [2.24, 2.45) is 0 Å². The van der Waals surface area contributed by atoms with Crippen molar-refractivity contribution in [1.82, 2.24) is 4.90 Å². The van der Waals surface area contributed by atoms with Gasteiger partial charge in [0.05, 0.1) is 0 Å². The Morgan fingerprint density at radius 3 is 2.42 bits per heavy atom. The Kier molecular flexibility index (Phi) is 5.70. The van der Waals surface area contributed by atoms with E-state index in [9.17, 15) is 4.79 Å². The molecule has 0 aromatic heterocycles. The molecule has 0 heterocycles. The molecule has 3 heteroatoms. The molecule has 0 N–H and O–H groups in total. The van der Waals surface area contributed by atoms with Crippen LogP contribution >= 0.6 is 22.6 Å². The molecule has 0 aliphatic rings. The Labute approximate surface area is 86.8 Å². The lowest BCUT2D eigenvalue weighted by Gasteiger charge is -2.09. The summed E-state index contributed by atoms with van der Waals surface area (Å²) < 4.78 is 1.80. The van der Waals surface area contributed by atoms with Crippen molar-refractivity contribution in [1.29, 1.82) is 0 Å². The van der Waals surface area contributed by atoms with Crippen LogP contribution in [0.1, 0.15) is 0 Å². The van der Waals surface area contributed by atoms with Crippen molar-refractivity contribution in [3.63, 3.8) is 0 Å². The zero-order chi connectivity index (χ0) is 9.56. The fraction of sp³-hybridized carbons (Fsp3) is 0.222. The molecule has 0 aromatic rings. The smallest absolute Gasteiger partial charge is 0.253 e. The first-order chi connectivity index (χ1) is 5.63. The first-order valence-corrected chi connectivity index (χ1v) is 4.69. The van der Waals surface area contributed by atoms with E-state index in [1.165, 1.54) is 4.90 Å². The van der Waals surface area contributed by atoms with Crippen molar-refractivity contribution in [2.75, 3.05) is 14.1 Å². The second kappa shape index (κ2) is 5.99. The van der Waals surface area contributed by atoms with Crippen LogP contribution in [-0.4, -0.2) is 24.9 Å². The molecular formula is C9H12INO. The van der Waals surface area contributed by atoms with Crippen LogP contribution in [0.3, 0.4) is 0 Å². The lowest BCUT2D eigenvalue weighted by atomic mass is 10.2. The van der Waals surface area contributed by atoms with Crippen molar-refractivity contribution >= 4 is 28.5 Å². The Balaban J connectivity index is 4.63. The summed E-state index contributed by atoms with van der Waals surface area (Å²) in [4.78, 5) is 12.9. The van der Waals surface area contributed by atoms with Gasteiger partial charge in [-0.25, -0.2) is 0 Å². The van der Waals surface area contributed by atoms with Gasteiger partial charge in [0.25, 0.3) is 5.91 Å². The molecule has 12 heavy (non-hydrogen) atoms. The number of hydrogen-bond donors (Lipinski definition) is 0. The van der Waals surface area contributed by atoms with Crippen molar-refractivity contribution in [3.05, 3.63) is 34.5 Å². The zero-order valence-corrected chi connectivity index (χ0v) is 9.41. The highest BCUT2D eigenvalue weighted by Crippen LogP contribution is 2.03. The molecule has 0 atom stereocenters. The van der Waals surface area contributed by atoms with Crippen molar-refractivity contribution < 1.29 is 4.79 Å². The van der Waals surface area contributed by atoms with E-state index in [0.29, 0.717) is 5.57 Å². The van der Waals surface area contributed by atoms with Gasteiger partial charge in [-0.05, 0) is 10.2 Å². The Morgan fingerprint density at radius 2 is 2.08 bits per heavy atom. The van der Waals surface area contributed by atoms with Crippen LogP contribution in [0.4, 0.5) is 0 Å². The van der Waals surface area contributed by atoms with Gasteiger partial charge >= 0.3 is 0 Å². The Morgan fingerprint density at radius 1 is 1.50 bits per heavy atom.